The largest absolute Gasteiger partial charge is 0.352 e. The molecule has 0 saturated carbocycles. The number of carbonyl (C=O) groups is 1. The molecular weight excluding hydrogens is 274 g/mol. The SMILES string of the molecule is Cn1cc(CCC(=O)NCc2cccnc2)c2ccccc21. The monoisotopic (exact) mass is 293 g/mol. The van der Waals surface area contributed by atoms with E-state index in [1.165, 1.54) is 16.5 Å². The number of benzene rings is 1. The first-order valence-electron chi connectivity index (χ1n) is 7.42. The lowest BCUT2D eigenvalue weighted by Crippen LogP contribution is -2.23. The molecule has 0 aliphatic rings. The number of nitrogens with zero attached hydrogens (tertiary/aromatic N) is 2. The molecule has 2 heterocycles. The Balaban J connectivity index is 1.58. The minimum Gasteiger partial charge on any atom is -0.352 e. The smallest absolute Gasteiger partial charge is 0.220 e. The molecule has 4 heteroatoms. The second-order valence-corrected chi connectivity index (χ2v) is 5.42. The Morgan fingerprint density at radius 2 is 2.09 bits per heavy atom. The molecule has 2 aromatic heterocycles. The zero-order chi connectivity index (χ0) is 15.4. The van der Waals surface area contributed by atoms with Crippen LogP contribution in [0.2, 0.25) is 0 Å². The van der Waals surface area contributed by atoms with Gasteiger partial charge in [-0.2, -0.15) is 0 Å². The van der Waals surface area contributed by atoms with Crippen LogP contribution in [-0.4, -0.2) is 15.5 Å². The maximum Gasteiger partial charge on any atom is 0.220 e. The van der Waals surface area contributed by atoms with Crippen LogP contribution in [0, 0.1) is 0 Å². The third-order valence-corrected chi connectivity index (χ3v) is 3.81. The lowest BCUT2D eigenvalue weighted by Gasteiger charge is -2.04. The van der Waals surface area contributed by atoms with Gasteiger partial charge in [0.2, 0.25) is 5.91 Å². The van der Waals surface area contributed by atoms with Crippen molar-refractivity contribution in [3.8, 4) is 0 Å². The first kappa shape index (κ1) is 14.3. The third-order valence-electron chi connectivity index (χ3n) is 3.81. The Morgan fingerprint density at radius 1 is 1.23 bits per heavy atom. The predicted octanol–water partition coefficient (Wildman–Crippen LogP) is 2.82. The molecule has 0 fully saturated rings. The van der Waals surface area contributed by atoms with E-state index in [-0.39, 0.29) is 5.91 Å². The van der Waals surface area contributed by atoms with Gasteiger partial charge in [0.25, 0.3) is 0 Å². The van der Waals surface area contributed by atoms with E-state index in [4.69, 9.17) is 0 Å². The van der Waals surface area contributed by atoms with Gasteiger partial charge in [-0.05, 0) is 29.7 Å². The van der Waals surface area contributed by atoms with Gasteiger partial charge < -0.3 is 9.88 Å². The van der Waals surface area contributed by atoms with Crippen molar-refractivity contribution in [1.29, 1.82) is 0 Å². The molecular formula is C18H19N3O. The van der Waals surface area contributed by atoms with E-state index >= 15 is 0 Å². The molecule has 1 aromatic carbocycles. The van der Waals surface area contributed by atoms with Gasteiger partial charge >= 0.3 is 0 Å². The molecule has 0 saturated heterocycles. The first-order chi connectivity index (χ1) is 10.7. The van der Waals surface area contributed by atoms with Crippen molar-refractivity contribution in [3.63, 3.8) is 0 Å². The number of carbonyl (C=O) groups excluding carboxylic acids is 1. The van der Waals surface area contributed by atoms with E-state index in [0.29, 0.717) is 13.0 Å². The van der Waals surface area contributed by atoms with Gasteiger partial charge in [-0.3, -0.25) is 9.78 Å². The molecule has 3 aromatic rings. The van der Waals surface area contributed by atoms with Gasteiger partial charge in [0.05, 0.1) is 0 Å². The molecule has 1 N–H and O–H groups in total. The first-order valence-corrected chi connectivity index (χ1v) is 7.42. The molecule has 0 radical (unpaired) electrons. The molecule has 0 unspecified atom stereocenters. The summed E-state index contributed by atoms with van der Waals surface area (Å²) in [4.78, 5) is 16.0. The highest BCUT2D eigenvalue weighted by molar-refractivity contribution is 5.84. The van der Waals surface area contributed by atoms with Crippen molar-refractivity contribution < 1.29 is 4.79 Å². The zero-order valence-corrected chi connectivity index (χ0v) is 12.6. The van der Waals surface area contributed by atoms with Gasteiger partial charge in [0.15, 0.2) is 0 Å². The number of hydrogen-bond donors (Lipinski definition) is 1. The van der Waals surface area contributed by atoms with E-state index in [1.54, 1.807) is 12.4 Å². The quantitative estimate of drug-likeness (QED) is 0.786. The number of pyridine rings is 1. The summed E-state index contributed by atoms with van der Waals surface area (Å²) in [5.74, 6) is 0.0665. The molecule has 0 atom stereocenters. The zero-order valence-electron chi connectivity index (χ0n) is 12.6. The van der Waals surface area contributed by atoms with Crippen LogP contribution in [0.25, 0.3) is 10.9 Å². The van der Waals surface area contributed by atoms with Crippen molar-refractivity contribution in [2.24, 2.45) is 7.05 Å². The number of hydrogen-bond acceptors (Lipinski definition) is 2. The number of aryl methyl sites for hydroxylation is 2. The minimum atomic E-state index is 0.0665. The van der Waals surface area contributed by atoms with Crippen LogP contribution in [0.4, 0.5) is 0 Å². The highest BCUT2D eigenvalue weighted by Crippen LogP contribution is 2.21. The number of rotatable bonds is 5. The van der Waals surface area contributed by atoms with E-state index in [1.807, 2.05) is 31.3 Å². The number of nitrogens with one attached hydrogen (secondary N) is 1. The summed E-state index contributed by atoms with van der Waals surface area (Å²) < 4.78 is 2.11. The van der Waals surface area contributed by atoms with Crippen LogP contribution in [-0.2, 0) is 24.8 Å². The molecule has 4 nitrogen and oxygen atoms in total. The maximum atomic E-state index is 12.0. The lowest BCUT2D eigenvalue weighted by atomic mass is 10.1. The van der Waals surface area contributed by atoms with Crippen LogP contribution in [0.3, 0.4) is 0 Å². The van der Waals surface area contributed by atoms with E-state index in [0.717, 1.165) is 12.0 Å². The van der Waals surface area contributed by atoms with Gasteiger partial charge in [0.1, 0.15) is 0 Å². The number of aromatic nitrogens is 2. The average Bonchev–Trinajstić information content (AvgIpc) is 2.89. The molecule has 0 spiro atoms. The highest BCUT2D eigenvalue weighted by Gasteiger charge is 2.08. The van der Waals surface area contributed by atoms with Crippen LogP contribution in [0.1, 0.15) is 17.5 Å². The normalized spacial score (nSPS) is 10.8. The molecule has 1 amide bonds. The standard InChI is InChI=1S/C18H19N3O/c1-21-13-15(16-6-2-3-7-17(16)21)8-9-18(22)20-12-14-5-4-10-19-11-14/h2-7,10-11,13H,8-9,12H2,1H3,(H,20,22). The Kier molecular flexibility index (Phi) is 4.19. The number of para-hydroxylation sites is 1. The van der Waals surface area contributed by atoms with Gasteiger partial charge in [-0.15, -0.1) is 0 Å². The molecule has 3 rings (SSSR count). The summed E-state index contributed by atoms with van der Waals surface area (Å²) >= 11 is 0. The molecule has 0 aliphatic carbocycles. The minimum absolute atomic E-state index is 0.0665. The molecule has 0 bridgehead atoms. The van der Waals surface area contributed by atoms with Crippen molar-refractivity contribution in [2.75, 3.05) is 0 Å². The maximum absolute atomic E-state index is 12.0. The van der Waals surface area contributed by atoms with E-state index in [2.05, 4.69) is 33.2 Å². The van der Waals surface area contributed by atoms with Crippen LogP contribution < -0.4 is 5.32 Å². The van der Waals surface area contributed by atoms with Crippen molar-refractivity contribution in [3.05, 3.63) is 66.1 Å². The fourth-order valence-corrected chi connectivity index (χ4v) is 2.66. The van der Waals surface area contributed by atoms with Crippen LogP contribution >= 0.6 is 0 Å². The Morgan fingerprint density at radius 3 is 2.91 bits per heavy atom. The van der Waals surface area contributed by atoms with Gasteiger partial charge in [-0.25, -0.2) is 0 Å². The average molecular weight is 293 g/mol. The topological polar surface area (TPSA) is 46.9 Å². The second kappa shape index (κ2) is 6.43. The van der Waals surface area contributed by atoms with Crippen molar-refractivity contribution in [1.82, 2.24) is 14.9 Å². The summed E-state index contributed by atoms with van der Waals surface area (Å²) in [5, 5.41) is 4.17. The van der Waals surface area contributed by atoms with Crippen LogP contribution in [0.5, 0.6) is 0 Å². The van der Waals surface area contributed by atoms with E-state index < -0.39 is 0 Å². The van der Waals surface area contributed by atoms with Gasteiger partial charge in [0, 0.05) is 49.5 Å². The lowest BCUT2D eigenvalue weighted by molar-refractivity contribution is -0.121. The third kappa shape index (κ3) is 3.17. The van der Waals surface area contributed by atoms with Crippen molar-refractivity contribution >= 4 is 16.8 Å². The van der Waals surface area contributed by atoms with E-state index in [9.17, 15) is 4.79 Å². The molecule has 22 heavy (non-hydrogen) atoms. The Hall–Kier alpha value is -2.62. The Bertz CT molecular complexity index is 777. The summed E-state index contributed by atoms with van der Waals surface area (Å²) in [7, 11) is 2.04. The number of fused-ring (bicyclic) bond motifs is 1. The fourth-order valence-electron chi connectivity index (χ4n) is 2.66. The highest BCUT2D eigenvalue weighted by atomic mass is 16.1. The van der Waals surface area contributed by atoms with Gasteiger partial charge in [-0.1, -0.05) is 24.3 Å². The number of amides is 1. The summed E-state index contributed by atoms with van der Waals surface area (Å²) in [6, 6.07) is 12.1. The Labute approximate surface area is 129 Å². The van der Waals surface area contributed by atoms with Crippen LogP contribution in [0.15, 0.2) is 55.0 Å². The molecule has 112 valence electrons. The predicted molar refractivity (Wildman–Crippen MR) is 87.3 cm³/mol. The summed E-state index contributed by atoms with van der Waals surface area (Å²) in [5.41, 5.74) is 3.43. The fraction of sp³-hybridized carbons (Fsp3) is 0.222. The molecule has 0 aliphatic heterocycles. The summed E-state index contributed by atoms with van der Waals surface area (Å²) in [6.07, 6.45) is 6.85. The van der Waals surface area contributed by atoms with Crippen molar-refractivity contribution in [2.45, 2.75) is 19.4 Å². The second-order valence-electron chi connectivity index (χ2n) is 5.42. The summed E-state index contributed by atoms with van der Waals surface area (Å²) in [6.45, 7) is 0.530.